The number of likely N-dealkylation sites (N-methyl/N-ethyl adjacent to an activating group) is 1. The average Bonchev–Trinajstić information content (AvgIpc) is 2.75. The third-order valence-electron chi connectivity index (χ3n) is 6.41. The van der Waals surface area contributed by atoms with Crippen LogP contribution in [0, 0.1) is 0 Å². The zero-order valence-corrected chi connectivity index (χ0v) is 17.0. The van der Waals surface area contributed by atoms with E-state index in [1.807, 2.05) is 25.2 Å². The monoisotopic (exact) mass is 384 g/mol. The highest BCUT2D eigenvalue weighted by atomic mass is 16.2. The number of fused-ring (bicyclic) bond motifs is 3. The van der Waals surface area contributed by atoms with Crippen LogP contribution in [0.5, 0.6) is 0 Å². The van der Waals surface area contributed by atoms with Gasteiger partial charge in [0.25, 0.3) is 5.91 Å². The van der Waals surface area contributed by atoms with E-state index in [9.17, 15) is 9.59 Å². The quantitative estimate of drug-likeness (QED) is 0.793. The molecule has 6 nitrogen and oxygen atoms in total. The molecule has 1 aromatic rings. The summed E-state index contributed by atoms with van der Waals surface area (Å²) in [6.07, 6.45) is 8.06. The number of benzene rings is 1. The molecule has 0 spiro atoms. The van der Waals surface area contributed by atoms with Gasteiger partial charge in [-0.05, 0) is 76.4 Å². The predicted octanol–water partition coefficient (Wildman–Crippen LogP) is 2.63. The minimum atomic E-state index is -0.0527. The number of nitrogens with zero attached hydrogens (tertiary/aromatic N) is 3. The van der Waals surface area contributed by atoms with Gasteiger partial charge in [0.15, 0.2) is 0 Å². The van der Waals surface area contributed by atoms with Crippen molar-refractivity contribution >= 4 is 23.2 Å². The molecule has 0 aromatic heterocycles. The number of hydrogen-bond donors (Lipinski definition) is 1. The molecular weight excluding hydrogens is 352 g/mol. The zero-order chi connectivity index (χ0) is 19.5. The molecule has 28 heavy (non-hydrogen) atoms. The van der Waals surface area contributed by atoms with Crippen molar-refractivity contribution in [2.45, 2.75) is 51.0 Å². The van der Waals surface area contributed by atoms with E-state index in [1.165, 1.54) is 32.4 Å². The first-order chi connectivity index (χ1) is 13.6. The van der Waals surface area contributed by atoms with Crippen molar-refractivity contribution in [3.05, 3.63) is 23.8 Å². The van der Waals surface area contributed by atoms with Gasteiger partial charge in [-0.2, -0.15) is 0 Å². The summed E-state index contributed by atoms with van der Waals surface area (Å²) >= 11 is 0. The highest BCUT2D eigenvalue weighted by molar-refractivity contribution is 6.07. The largest absolute Gasteiger partial charge is 0.358 e. The Morgan fingerprint density at radius 3 is 2.68 bits per heavy atom. The number of nitrogens with one attached hydrogen (secondary N) is 1. The molecular formula is C22H32N4O2. The van der Waals surface area contributed by atoms with Crippen molar-refractivity contribution in [3.8, 4) is 0 Å². The Labute approximate surface area is 167 Å². The fourth-order valence-electron chi connectivity index (χ4n) is 4.78. The summed E-state index contributed by atoms with van der Waals surface area (Å²) < 4.78 is 0. The number of amides is 2. The molecule has 1 aromatic carbocycles. The number of rotatable bonds is 5. The second-order valence-electron chi connectivity index (χ2n) is 8.32. The van der Waals surface area contributed by atoms with E-state index in [2.05, 4.69) is 15.1 Å². The Morgan fingerprint density at radius 1 is 1.07 bits per heavy atom. The predicted molar refractivity (Wildman–Crippen MR) is 112 cm³/mol. The van der Waals surface area contributed by atoms with Gasteiger partial charge >= 0.3 is 0 Å². The van der Waals surface area contributed by atoms with Crippen LogP contribution in [-0.4, -0.2) is 62.5 Å². The summed E-state index contributed by atoms with van der Waals surface area (Å²) in [5.74, 6) is 0.0920. The Hall–Kier alpha value is -2.08. The normalized spacial score (nSPS) is 22.6. The second-order valence-corrected chi connectivity index (χ2v) is 8.32. The summed E-state index contributed by atoms with van der Waals surface area (Å²) in [4.78, 5) is 31.8. The maximum Gasteiger partial charge on any atom is 0.251 e. The van der Waals surface area contributed by atoms with Crippen LogP contribution < -0.4 is 15.1 Å². The van der Waals surface area contributed by atoms with Crippen LogP contribution in [0.15, 0.2) is 18.2 Å². The molecule has 152 valence electrons. The smallest absolute Gasteiger partial charge is 0.251 e. The zero-order valence-electron chi connectivity index (χ0n) is 17.0. The van der Waals surface area contributed by atoms with E-state index >= 15 is 0 Å². The Balaban J connectivity index is 1.38. The minimum Gasteiger partial charge on any atom is -0.358 e. The van der Waals surface area contributed by atoms with Gasteiger partial charge in [-0.15, -0.1) is 0 Å². The lowest BCUT2D eigenvalue weighted by Crippen LogP contribution is -2.54. The number of anilines is 2. The molecule has 1 atom stereocenters. The third-order valence-corrected chi connectivity index (χ3v) is 6.41. The molecule has 0 aliphatic carbocycles. The van der Waals surface area contributed by atoms with Crippen LogP contribution in [-0.2, 0) is 4.79 Å². The van der Waals surface area contributed by atoms with Crippen LogP contribution in [0.1, 0.15) is 55.3 Å². The summed E-state index contributed by atoms with van der Waals surface area (Å²) in [5.41, 5.74) is 2.56. The molecule has 6 heteroatoms. The first kappa shape index (κ1) is 19.2. The van der Waals surface area contributed by atoms with Crippen LogP contribution >= 0.6 is 0 Å². The first-order valence-electron chi connectivity index (χ1n) is 10.8. The van der Waals surface area contributed by atoms with Crippen molar-refractivity contribution < 1.29 is 9.59 Å². The molecule has 3 heterocycles. The molecule has 0 saturated carbocycles. The van der Waals surface area contributed by atoms with Gasteiger partial charge in [0, 0.05) is 25.7 Å². The molecule has 2 saturated heterocycles. The lowest BCUT2D eigenvalue weighted by Gasteiger charge is -2.44. The number of likely N-dealkylation sites (tertiary alicyclic amines) is 1. The molecule has 2 amide bonds. The van der Waals surface area contributed by atoms with Crippen LogP contribution in [0.3, 0.4) is 0 Å². The number of carbonyl (C=O) groups excluding carboxylic acids is 2. The van der Waals surface area contributed by atoms with E-state index in [0.717, 1.165) is 50.1 Å². The van der Waals surface area contributed by atoms with Gasteiger partial charge in [0.1, 0.15) is 6.04 Å². The standard InChI is InChI=1S/C22H32N4O2/c1-24-20-16-17(21(27)23-11-7-14-25-12-4-2-5-13-25)9-10-18(20)26-15-6-3-8-19(26)22(24)28/h9-10,16,19H,2-8,11-15H2,1H3,(H,23,27). The van der Waals surface area contributed by atoms with E-state index in [-0.39, 0.29) is 17.9 Å². The van der Waals surface area contributed by atoms with Crippen LogP contribution in [0.25, 0.3) is 0 Å². The average molecular weight is 385 g/mol. The van der Waals surface area contributed by atoms with Gasteiger partial charge in [0.2, 0.25) is 5.91 Å². The van der Waals surface area contributed by atoms with E-state index in [0.29, 0.717) is 12.1 Å². The SMILES string of the molecule is CN1C(=O)C2CCCCN2c2ccc(C(=O)NCCCN3CCCCC3)cc21. The summed E-state index contributed by atoms with van der Waals surface area (Å²) in [7, 11) is 1.83. The van der Waals surface area contributed by atoms with E-state index < -0.39 is 0 Å². The van der Waals surface area contributed by atoms with Gasteiger partial charge < -0.3 is 20.0 Å². The number of hydrogen-bond acceptors (Lipinski definition) is 4. The van der Waals surface area contributed by atoms with Crippen molar-refractivity contribution in [2.24, 2.45) is 0 Å². The molecule has 1 N–H and O–H groups in total. The lowest BCUT2D eigenvalue weighted by atomic mass is 9.96. The van der Waals surface area contributed by atoms with E-state index in [1.54, 1.807) is 4.90 Å². The molecule has 1 unspecified atom stereocenters. The molecule has 2 fully saturated rings. The Kier molecular flexibility index (Phi) is 5.85. The van der Waals surface area contributed by atoms with Gasteiger partial charge in [-0.1, -0.05) is 6.42 Å². The second kappa shape index (κ2) is 8.52. The molecule has 0 radical (unpaired) electrons. The third kappa shape index (κ3) is 3.88. The van der Waals surface area contributed by atoms with Gasteiger partial charge in [-0.25, -0.2) is 0 Å². The van der Waals surface area contributed by atoms with Gasteiger partial charge in [-0.3, -0.25) is 9.59 Å². The van der Waals surface area contributed by atoms with Crippen LogP contribution in [0.4, 0.5) is 11.4 Å². The minimum absolute atomic E-state index is 0.0410. The summed E-state index contributed by atoms with van der Waals surface area (Å²) in [6.45, 7) is 5.04. The number of piperidine rings is 2. The Bertz CT molecular complexity index is 729. The first-order valence-corrected chi connectivity index (χ1v) is 10.8. The van der Waals surface area contributed by atoms with Crippen molar-refractivity contribution in [2.75, 3.05) is 49.6 Å². The van der Waals surface area contributed by atoms with Crippen molar-refractivity contribution in [1.29, 1.82) is 0 Å². The molecule has 4 rings (SSSR count). The highest BCUT2D eigenvalue weighted by Gasteiger charge is 2.37. The van der Waals surface area contributed by atoms with Crippen molar-refractivity contribution in [1.82, 2.24) is 10.2 Å². The van der Waals surface area contributed by atoms with E-state index in [4.69, 9.17) is 0 Å². The summed E-state index contributed by atoms with van der Waals surface area (Å²) in [5, 5.41) is 3.05. The summed E-state index contributed by atoms with van der Waals surface area (Å²) in [6, 6.07) is 5.74. The fraction of sp³-hybridized carbons (Fsp3) is 0.636. The molecule has 3 aliphatic rings. The fourth-order valence-corrected chi connectivity index (χ4v) is 4.78. The lowest BCUT2D eigenvalue weighted by molar-refractivity contribution is -0.120. The Morgan fingerprint density at radius 2 is 1.86 bits per heavy atom. The van der Waals surface area contributed by atoms with Crippen LogP contribution in [0.2, 0.25) is 0 Å². The molecule has 0 bridgehead atoms. The highest BCUT2D eigenvalue weighted by Crippen LogP contribution is 2.39. The number of carbonyl (C=O) groups is 2. The van der Waals surface area contributed by atoms with Crippen molar-refractivity contribution in [3.63, 3.8) is 0 Å². The van der Waals surface area contributed by atoms with Gasteiger partial charge in [0.05, 0.1) is 11.4 Å². The topological polar surface area (TPSA) is 55.9 Å². The maximum atomic E-state index is 12.7. The molecule has 3 aliphatic heterocycles. The maximum absolute atomic E-state index is 12.7.